The number of fused-ring (bicyclic) bond motifs is 1. The largest absolute Gasteiger partial charge is 0.383 e. The molecule has 0 saturated carbocycles. The quantitative estimate of drug-likeness (QED) is 0.821. The molecule has 0 spiro atoms. The number of carbonyl (C=O) groups excluding carboxylic acids is 1. The minimum atomic E-state index is 0.0611. The summed E-state index contributed by atoms with van der Waals surface area (Å²) in [6, 6.07) is 0. The summed E-state index contributed by atoms with van der Waals surface area (Å²) in [6.07, 6.45) is 10.9. The summed E-state index contributed by atoms with van der Waals surface area (Å²) in [6.45, 7) is 2.01. The Morgan fingerprint density at radius 1 is 1.45 bits per heavy atom. The Hall–Kier alpha value is -1.62. The molecule has 1 N–H and O–H groups in total. The standard InChI is InChI=1S/C17H25N3O2/c1-22-11-10-20(12-13-6-3-2-4-7-13)17(21)16-14-8-5-9-15(14)18-19-16/h2-3,13H,4-12H2,1H3,(H,18,19). The minimum Gasteiger partial charge on any atom is -0.383 e. The van der Waals surface area contributed by atoms with Gasteiger partial charge in [0.15, 0.2) is 5.69 Å². The zero-order valence-corrected chi connectivity index (χ0v) is 13.3. The number of H-pyrrole nitrogens is 1. The molecule has 120 valence electrons. The number of ether oxygens (including phenoxy) is 1. The van der Waals surface area contributed by atoms with Crippen molar-refractivity contribution in [2.24, 2.45) is 5.92 Å². The number of nitrogens with one attached hydrogen (secondary N) is 1. The Balaban J connectivity index is 1.72. The Morgan fingerprint density at radius 3 is 3.14 bits per heavy atom. The van der Waals surface area contributed by atoms with Crippen molar-refractivity contribution in [3.63, 3.8) is 0 Å². The number of methoxy groups -OCH3 is 1. The maximum absolute atomic E-state index is 12.9. The molecule has 1 heterocycles. The summed E-state index contributed by atoms with van der Waals surface area (Å²) in [4.78, 5) is 14.8. The number of aryl methyl sites for hydroxylation is 1. The molecule has 1 aromatic rings. The Morgan fingerprint density at radius 2 is 2.36 bits per heavy atom. The van der Waals surface area contributed by atoms with Crippen molar-refractivity contribution < 1.29 is 9.53 Å². The van der Waals surface area contributed by atoms with E-state index in [-0.39, 0.29) is 5.91 Å². The average molecular weight is 303 g/mol. The van der Waals surface area contributed by atoms with Crippen LogP contribution in [0.2, 0.25) is 0 Å². The number of aromatic nitrogens is 2. The minimum absolute atomic E-state index is 0.0611. The van der Waals surface area contributed by atoms with Crippen LogP contribution < -0.4 is 0 Å². The molecule has 5 nitrogen and oxygen atoms in total. The molecule has 3 rings (SSSR count). The van der Waals surface area contributed by atoms with E-state index in [0.29, 0.717) is 24.8 Å². The van der Waals surface area contributed by atoms with Crippen molar-refractivity contribution in [3.05, 3.63) is 29.1 Å². The van der Waals surface area contributed by atoms with Gasteiger partial charge in [-0.15, -0.1) is 0 Å². The van der Waals surface area contributed by atoms with Gasteiger partial charge >= 0.3 is 0 Å². The van der Waals surface area contributed by atoms with E-state index in [1.54, 1.807) is 7.11 Å². The van der Waals surface area contributed by atoms with Crippen LogP contribution in [0, 0.1) is 5.92 Å². The van der Waals surface area contributed by atoms with E-state index < -0.39 is 0 Å². The molecule has 1 aromatic heterocycles. The number of hydrogen-bond acceptors (Lipinski definition) is 3. The number of amides is 1. The first-order valence-electron chi connectivity index (χ1n) is 8.29. The fourth-order valence-corrected chi connectivity index (χ4v) is 3.46. The first kappa shape index (κ1) is 15.3. The zero-order chi connectivity index (χ0) is 15.4. The first-order valence-corrected chi connectivity index (χ1v) is 8.29. The van der Waals surface area contributed by atoms with Crippen molar-refractivity contribution >= 4 is 5.91 Å². The average Bonchev–Trinajstić information content (AvgIpc) is 3.15. The molecule has 1 atom stereocenters. The second-order valence-electron chi connectivity index (χ2n) is 6.28. The van der Waals surface area contributed by atoms with E-state index in [1.165, 1.54) is 0 Å². The van der Waals surface area contributed by atoms with E-state index in [0.717, 1.165) is 56.3 Å². The summed E-state index contributed by atoms with van der Waals surface area (Å²) < 4.78 is 5.19. The summed E-state index contributed by atoms with van der Waals surface area (Å²) in [7, 11) is 1.68. The fraction of sp³-hybridized carbons (Fsp3) is 0.647. The molecule has 5 heteroatoms. The Labute approximate surface area is 131 Å². The molecule has 1 amide bonds. The summed E-state index contributed by atoms with van der Waals surface area (Å²) in [5.41, 5.74) is 2.92. The van der Waals surface area contributed by atoms with Crippen molar-refractivity contribution in [3.8, 4) is 0 Å². The van der Waals surface area contributed by atoms with Crippen LogP contribution in [0.25, 0.3) is 0 Å². The van der Waals surface area contributed by atoms with Crippen LogP contribution in [0.1, 0.15) is 47.4 Å². The van der Waals surface area contributed by atoms with Gasteiger partial charge in [-0.25, -0.2) is 0 Å². The lowest BCUT2D eigenvalue weighted by atomic mass is 9.94. The lowest BCUT2D eigenvalue weighted by Gasteiger charge is -2.28. The summed E-state index contributed by atoms with van der Waals surface area (Å²) >= 11 is 0. The van der Waals surface area contributed by atoms with Crippen LogP contribution >= 0.6 is 0 Å². The third-order valence-electron chi connectivity index (χ3n) is 4.72. The normalized spacial score (nSPS) is 20.1. The molecular weight excluding hydrogens is 278 g/mol. The van der Waals surface area contributed by atoms with Gasteiger partial charge in [0, 0.05) is 31.5 Å². The third-order valence-corrected chi connectivity index (χ3v) is 4.72. The predicted molar refractivity (Wildman–Crippen MR) is 84.9 cm³/mol. The molecule has 0 aromatic carbocycles. The number of aromatic amines is 1. The van der Waals surface area contributed by atoms with Gasteiger partial charge in [-0.3, -0.25) is 9.89 Å². The molecule has 0 saturated heterocycles. The van der Waals surface area contributed by atoms with Crippen molar-refractivity contribution in [1.29, 1.82) is 0 Å². The highest BCUT2D eigenvalue weighted by Gasteiger charge is 2.27. The van der Waals surface area contributed by atoms with Gasteiger partial charge in [0.25, 0.3) is 5.91 Å². The molecular formula is C17H25N3O2. The highest BCUT2D eigenvalue weighted by atomic mass is 16.5. The van der Waals surface area contributed by atoms with Crippen LogP contribution in [-0.4, -0.2) is 47.8 Å². The lowest BCUT2D eigenvalue weighted by Crippen LogP contribution is -2.38. The highest BCUT2D eigenvalue weighted by Crippen LogP contribution is 2.25. The van der Waals surface area contributed by atoms with Crippen LogP contribution in [-0.2, 0) is 17.6 Å². The van der Waals surface area contributed by atoms with E-state index in [9.17, 15) is 4.79 Å². The van der Waals surface area contributed by atoms with E-state index in [2.05, 4.69) is 22.3 Å². The maximum atomic E-state index is 12.9. The van der Waals surface area contributed by atoms with E-state index in [4.69, 9.17) is 4.74 Å². The van der Waals surface area contributed by atoms with Crippen LogP contribution in [0.4, 0.5) is 0 Å². The van der Waals surface area contributed by atoms with Crippen molar-refractivity contribution in [1.82, 2.24) is 15.1 Å². The smallest absolute Gasteiger partial charge is 0.274 e. The number of nitrogens with zero attached hydrogens (tertiary/aromatic N) is 2. The van der Waals surface area contributed by atoms with E-state index >= 15 is 0 Å². The second-order valence-corrected chi connectivity index (χ2v) is 6.28. The van der Waals surface area contributed by atoms with Gasteiger partial charge in [-0.2, -0.15) is 5.10 Å². The second kappa shape index (κ2) is 7.09. The van der Waals surface area contributed by atoms with Crippen molar-refractivity contribution in [2.75, 3.05) is 26.8 Å². The van der Waals surface area contributed by atoms with Gasteiger partial charge in [0.1, 0.15) is 0 Å². The SMILES string of the molecule is COCCN(CC1CC=CCC1)C(=O)c1n[nH]c2c1CCC2. The Bertz CT molecular complexity index is 550. The summed E-state index contributed by atoms with van der Waals surface area (Å²) in [5.74, 6) is 0.615. The highest BCUT2D eigenvalue weighted by molar-refractivity contribution is 5.94. The first-order chi connectivity index (χ1) is 10.8. The van der Waals surface area contributed by atoms with Crippen LogP contribution in [0.5, 0.6) is 0 Å². The molecule has 0 radical (unpaired) electrons. The maximum Gasteiger partial charge on any atom is 0.274 e. The van der Waals surface area contributed by atoms with Gasteiger partial charge in [-0.05, 0) is 44.4 Å². The number of carbonyl (C=O) groups is 1. The van der Waals surface area contributed by atoms with Gasteiger partial charge in [0.2, 0.25) is 0 Å². The molecule has 0 bridgehead atoms. The molecule has 22 heavy (non-hydrogen) atoms. The van der Waals surface area contributed by atoms with Gasteiger partial charge < -0.3 is 9.64 Å². The monoisotopic (exact) mass is 303 g/mol. The molecule has 2 aliphatic carbocycles. The summed E-state index contributed by atoms with van der Waals surface area (Å²) in [5, 5.41) is 7.33. The molecule has 1 unspecified atom stereocenters. The van der Waals surface area contributed by atoms with E-state index in [1.807, 2.05) is 4.90 Å². The number of allylic oxidation sites excluding steroid dienone is 2. The Kier molecular flexibility index (Phi) is 4.93. The molecule has 0 fully saturated rings. The lowest BCUT2D eigenvalue weighted by molar-refractivity contribution is 0.0651. The van der Waals surface area contributed by atoms with Gasteiger partial charge in [-0.1, -0.05) is 12.2 Å². The fourth-order valence-electron chi connectivity index (χ4n) is 3.46. The zero-order valence-electron chi connectivity index (χ0n) is 13.3. The number of hydrogen-bond donors (Lipinski definition) is 1. The van der Waals surface area contributed by atoms with Crippen LogP contribution in [0.15, 0.2) is 12.2 Å². The molecule has 0 aliphatic heterocycles. The number of rotatable bonds is 6. The third kappa shape index (κ3) is 3.24. The van der Waals surface area contributed by atoms with Crippen molar-refractivity contribution in [2.45, 2.75) is 38.5 Å². The van der Waals surface area contributed by atoms with Gasteiger partial charge in [0.05, 0.1) is 6.61 Å². The topological polar surface area (TPSA) is 58.2 Å². The van der Waals surface area contributed by atoms with Crippen LogP contribution in [0.3, 0.4) is 0 Å². The predicted octanol–water partition coefficient (Wildman–Crippen LogP) is 2.34. The molecule has 2 aliphatic rings.